The molecule has 1 aliphatic heterocycles. The number of amides is 2. The number of anilines is 2. The first-order chi connectivity index (χ1) is 11.9. The Balaban J connectivity index is 1.82. The van der Waals surface area contributed by atoms with Gasteiger partial charge in [-0.25, -0.2) is 4.39 Å². The summed E-state index contributed by atoms with van der Waals surface area (Å²) in [6.07, 6.45) is 1.65. The minimum atomic E-state index is -0.608. The zero-order chi connectivity index (χ0) is 18.0. The Labute approximate surface area is 148 Å². The number of benzene rings is 2. The summed E-state index contributed by atoms with van der Waals surface area (Å²) in [7, 11) is 0. The second-order valence-electron chi connectivity index (χ2n) is 5.47. The van der Waals surface area contributed by atoms with Crippen LogP contribution in [-0.2, 0) is 9.59 Å². The van der Waals surface area contributed by atoms with Crippen molar-refractivity contribution in [2.45, 2.75) is 6.92 Å². The van der Waals surface area contributed by atoms with Gasteiger partial charge < -0.3 is 15.4 Å². The molecule has 0 radical (unpaired) electrons. The van der Waals surface area contributed by atoms with Crippen LogP contribution in [0, 0.1) is 5.82 Å². The van der Waals surface area contributed by atoms with Gasteiger partial charge in [0.05, 0.1) is 11.3 Å². The lowest BCUT2D eigenvalue weighted by Gasteiger charge is -2.18. The fourth-order valence-electron chi connectivity index (χ4n) is 2.38. The summed E-state index contributed by atoms with van der Waals surface area (Å²) in [5.41, 5.74) is 1.36. The van der Waals surface area contributed by atoms with E-state index in [1.54, 1.807) is 24.3 Å². The largest absolute Gasteiger partial charge is 0.488 e. The van der Waals surface area contributed by atoms with Crippen molar-refractivity contribution in [3.8, 4) is 5.75 Å². The second kappa shape index (κ2) is 6.94. The van der Waals surface area contributed by atoms with Gasteiger partial charge in [-0.2, -0.15) is 0 Å². The van der Waals surface area contributed by atoms with Gasteiger partial charge in [0.1, 0.15) is 18.2 Å². The first kappa shape index (κ1) is 17.0. The predicted octanol–water partition coefficient (Wildman–Crippen LogP) is 3.85. The molecule has 0 spiro atoms. The molecule has 2 amide bonds. The van der Waals surface area contributed by atoms with E-state index < -0.39 is 11.7 Å². The van der Waals surface area contributed by atoms with Crippen molar-refractivity contribution in [2.75, 3.05) is 17.2 Å². The topological polar surface area (TPSA) is 67.4 Å². The summed E-state index contributed by atoms with van der Waals surface area (Å²) in [5, 5.41) is 5.55. The van der Waals surface area contributed by atoms with E-state index in [4.69, 9.17) is 16.3 Å². The van der Waals surface area contributed by atoms with E-state index in [9.17, 15) is 14.0 Å². The molecule has 25 heavy (non-hydrogen) atoms. The number of carbonyl (C=O) groups excluding carboxylic acids is 2. The Kier molecular flexibility index (Phi) is 4.72. The quantitative estimate of drug-likeness (QED) is 0.873. The average Bonchev–Trinajstić information content (AvgIpc) is 2.56. The van der Waals surface area contributed by atoms with Crippen LogP contribution < -0.4 is 15.4 Å². The molecule has 7 heteroatoms. The van der Waals surface area contributed by atoms with Gasteiger partial charge in [-0.15, -0.1) is 0 Å². The number of rotatable bonds is 3. The molecule has 2 aromatic rings. The van der Waals surface area contributed by atoms with E-state index in [1.165, 1.54) is 25.1 Å². The van der Waals surface area contributed by atoms with E-state index >= 15 is 0 Å². The third-order valence-corrected chi connectivity index (χ3v) is 3.75. The molecule has 0 atom stereocenters. The molecule has 3 rings (SSSR count). The number of ether oxygens (including phenoxy) is 1. The van der Waals surface area contributed by atoms with Crippen LogP contribution >= 0.6 is 11.6 Å². The minimum absolute atomic E-state index is 0.0333. The van der Waals surface area contributed by atoms with E-state index in [0.29, 0.717) is 27.6 Å². The van der Waals surface area contributed by atoms with Gasteiger partial charge in [0.2, 0.25) is 5.91 Å². The highest BCUT2D eigenvalue weighted by Gasteiger charge is 2.19. The highest BCUT2D eigenvalue weighted by molar-refractivity contribution is 6.30. The lowest BCUT2D eigenvalue weighted by Crippen LogP contribution is -2.22. The van der Waals surface area contributed by atoms with E-state index in [2.05, 4.69) is 10.6 Å². The van der Waals surface area contributed by atoms with Crippen LogP contribution in [0.3, 0.4) is 0 Å². The Hall–Kier alpha value is -2.86. The first-order valence-electron chi connectivity index (χ1n) is 7.44. The molecule has 0 aliphatic carbocycles. The summed E-state index contributed by atoms with van der Waals surface area (Å²) in [6, 6.07) is 9.03. The van der Waals surface area contributed by atoms with Crippen molar-refractivity contribution in [3.05, 3.63) is 58.4 Å². The normalized spacial score (nSPS) is 12.5. The molecular weight excluding hydrogens is 347 g/mol. The zero-order valence-electron chi connectivity index (χ0n) is 13.2. The molecule has 128 valence electrons. The lowest BCUT2D eigenvalue weighted by atomic mass is 10.1. The monoisotopic (exact) mass is 360 g/mol. The van der Waals surface area contributed by atoms with E-state index in [-0.39, 0.29) is 18.2 Å². The van der Waals surface area contributed by atoms with Crippen LogP contribution in [0.15, 0.2) is 42.0 Å². The first-order valence-corrected chi connectivity index (χ1v) is 7.81. The summed E-state index contributed by atoms with van der Waals surface area (Å²) in [6.45, 7) is 1.40. The Bertz CT molecular complexity index is 896. The maximum absolute atomic E-state index is 13.9. The van der Waals surface area contributed by atoms with Crippen molar-refractivity contribution >= 4 is 40.9 Å². The molecular formula is C18H14ClFN2O3. The van der Waals surface area contributed by atoms with Gasteiger partial charge in [-0.1, -0.05) is 11.6 Å². The molecule has 1 heterocycles. The molecule has 2 N–H and O–H groups in total. The van der Waals surface area contributed by atoms with Crippen LogP contribution in [-0.4, -0.2) is 18.4 Å². The number of hydrogen-bond acceptors (Lipinski definition) is 3. The molecule has 5 nitrogen and oxygen atoms in total. The van der Waals surface area contributed by atoms with Gasteiger partial charge >= 0.3 is 0 Å². The molecule has 0 saturated carbocycles. The molecule has 0 fully saturated rings. The van der Waals surface area contributed by atoms with Gasteiger partial charge in [-0.3, -0.25) is 9.59 Å². The fraction of sp³-hybridized carbons (Fsp3) is 0.111. The van der Waals surface area contributed by atoms with Gasteiger partial charge in [0, 0.05) is 23.2 Å². The molecule has 0 saturated heterocycles. The smallest absolute Gasteiger partial charge is 0.255 e. The van der Waals surface area contributed by atoms with Crippen molar-refractivity contribution in [1.29, 1.82) is 0 Å². The Morgan fingerprint density at radius 1 is 1.16 bits per heavy atom. The zero-order valence-corrected chi connectivity index (χ0v) is 14.0. The summed E-state index contributed by atoms with van der Waals surface area (Å²) < 4.78 is 19.4. The van der Waals surface area contributed by atoms with Crippen molar-refractivity contribution in [3.63, 3.8) is 0 Å². The molecule has 2 aromatic carbocycles. The average molecular weight is 361 g/mol. The third kappa shape index (κ3) is 3.97. The molecule has 1 aliphatic rings. The maximum Gasteiger partial charge on any atom is 0.255 e. The van der Waals surface area contributed by atoms with Crippen molar-refractivity contribution < 1.29 is 18.7 Å². The minimum Gasteiger partial charge on any atom is -0.488 e. The van der Waals surface area contributed by atoms with Crippen LogP contribution in [0.25, 0.3) is 6.08 Å². The van der Waals surface area contributed by atoms with Crippen LogP contribution in [0.5, 0.6) is 5.75 Å². The second-order valence-corrected chi connectivity index (χ2v) is 5.91. The third-order valence-electron chi connectivity index (χ3n) is 3.51. The standard InChI is InChI=1S/C18H14ClFN2O3/c1-10(23)21-14-3-4-15(20)16(8-14)22-18(24)12-6-11-7-13(19)2-5-17(11)25-9-12/h2-8H,9H2,1H3,(H,21,23)(H,22,24). The highest BCUT2D eigenvalue weighted by atomic mass is 35.5. The Morgan fingerprint density at radius 2 is 1.96 bits per heavy atom. The van der Waals surface area contributed by atoms with E-state index in [1.807, 2.05) is 0 Å². The molecule has 0 bridgehead atoms. The van der Waals surface area contributed by atoms with Gasteiger partial charge in [-0.05, 0) is 42.5 Å². The van der Waals surface area contributed by atoms with Crippen LogP contribution in [0.4, 0.5) is 15.8 Å². The Morgan fingerprint density at radius 3 is 2.72 bits per heavy atom. The van der Waals surface area contributed by atoms with Crippen LogP contribution in [0.1, 0.15) is 12.5 Å². The number of hydrogen-bond donors (Lipinski definition) is 2. The lowest BCUT2D eigenvalue weighted by molar-refractivity contribution is -0.114. The fourth-order valence-corrected chi connectivity index (χ4v) is 2.56. The molecule has 0 aromatic heterocycles. The van der Waals surface area contributed by atoms with Crippen LogP contribution in [0.2, 0.25) is 5.02 Å². The SMILES string of the molecule is CC(=O)Nc1ccc(F)c(NC(=O)C2=Cc3cc(Cl)ccc3OC2)c1. The van der Waals surface area contributed by atoms with Gasteiger partial charge in [0.25, 0.3) is 5.91 Å². The maximum atomic E-state index is 13.9. The van der Waals surface area contributed by atoms with Crippen molar-refractivity contribution in [2.24, 2.45) is 0 Å². The highest BCUT2D eigenvalue weighted by Crippen LogP contribution is 2.29. The number of halogens is 2. The number of fused-ring (bicyclic) bond motifs is 1. The van der Waals surface area contributed by atoms with E-state index in [0.717, 1.165) is 0 Å². The number of nitrogens with one attached hydrogen (secondary N) is 2. The summed E-state index contributed by atoms with van der Waals surface area (Å²) in [4.78, 5) is 23.5. The van der Waals surface area contributed by atoms with Gasteiger partial charge in [0.15, 0.2) is 0 Å². The molecule has 0 unspecified atom stereocenters. The summed E-state index contributed by atoms with van der Waals surface area (Å²) in [5.74, 6) is -0.770. The predicted molar refractivity (Wildman–Crippen MR) is 94.3 cm³/mol. The number of carbonyl (C=O) groups is 2. The summed E-state index contributed by atoms with van der Waals surface area (Å²) >= 11 is 5.94. The van der Waals surface area contributed by atoms with Crippen molar-refractivity contribution in [1.82, 2.24) is 0 Å².